The summed E-state index contributed by atoms with van der Waals surface area (Å²) in [5, 5.41) is 3.09. The van der Waals surface area contributed by atoms with Gasteiger partial charge in [0.25, 0.3) is 0 Å². The highest BCUT2D eigenvalue weighted by Gasteiger charge is 2.34. The Bertz CT molecular complexity index is 443. The number of aryl methyl sites for hydroxylation is 1. The molecule has 1 fully saturated rings. The Labute approximate surface area is 114 Å². The zero-order valence-electron chi connectivity index (χ0n) is 11.4. The molecule has 0 aromatic heterocycles. The molecule has 0 spiro atoms. The van der Waals surface area contributed by atoms with Gasteiger partial charge in [0, 0.05) is 25.3 Å². The monoisotopic (exact) mass is 259 g/mol. The van der Waals surface area contributed by atoms with Gasteiger partial charge in [0.15, 0.2) is 0 Å². The van der Waals surface area contributed by atoms with Gasteiger partial charge in [-0.3, -0.25) is 9.59 Å². The summed E-state index contributed by atoms with van der Waals surface area (Å²) in [5.74, 6) is 0.322. The second kappa shape index (κ2) is 6.00. The van der Waals surface area contributed by atoms with Crippen LogP contribution in [0.2, 0.25) is 0 Å². The van der Waals surface area contributed by atoms with Crippen LogP contribution in [0, 0.1) is 0 Å². The zero-order valence-corrected chi connectivity index (χ0v) is 11.4. The van der Waals surface area contributed by atoms with Crippen molar-refractivity contribution in [3.63, 3.8) is 0 Å². The molecule has 3 heteroatoms. The molecule has 0 bridgehead atoms. The molecule has 102 valence electrons. The normalized spacial score (nSPS) is 18.1. The Balaban J connectivity index is 2.02. The summed E-state index contributed by atoms with van der Waals surface area (Å²) in [6.45, 7) is 1.56. The quantitative estimate of drug-likeness (QED) is 0.903. The van der Waals surface area contributed by atoms with E-state index in [1.54, 1.807) is 6.92 Å². The molecule has 0 unspecified atom stereocenters. The highest BCUT2D eigenvalue weighted by atomic mass is 16.1. The van der Waals surface area contributed by atoms with E-state index in [0.29, 0.717) is 18.6 Å². The van der Waals surface area contributed by atoms with Crippen molar-refractivity contribution in [1.82, 2.24) is 5.32 Å². The van der Waals surface area contributed by atoms with E-state index in [-0.39, 0.29) is 11.4 Å². The summed E-state index contributed by atoms with van der Waals surface area (Å²) in [5.41, 5.74) is 1.10. The standard InChI is InChI=1S/C16H21NO2/c1-13(18)17-16(11-8-15(19)9-12-16)10-7-14-5-3-2-4-6-14/h2-6H,7-12H2,1H3,(H,17,18). The topological polar surface area (TPSA) is 46.2 Å². The molecule has 1 aromatic rings. The van der Waals surface area contributed by atoms with Crippen LogP contribution in [-0.4, -0.2) is 17.2 Å². The number of ketones is 1. The fourth-order valence-corrected chi connectivity index (χ4v) is 2.85. The predicted octanol–water partition coefficient (Wildman–Crippen LogP) is 2.64. The van der Waals surface area contributed by atoms with Crippen LogP contribution in [0.4, 0.5) is 0 Å². The average Bonchev–Trinajstić information content (AvgIpc) is 2.41. The minimum absolute atomic E-state index is 0.00223. The van der Waals surface area contributed by atoms with Crippen LogP contribution in [0.25, 0.3) is 0 Å². The lowest BCUT2D eigenvalue weighted by Crippen LogP contribution is -2.50. The fourth-order valence-electron chi connectivity index (χ4n) is 2.85. The first-order chi connectivity index (χ1) is 9.10. The number of hydrogen-bond acceptors (Lipinski definition) is 2. The van der Waals surface area contributed by atoms with Gasteiger partial charge >= 0.3 is 0 Å². The first-order valence-electron chi connectivity index (χ1n) is 6.94. The van der Waals surface area contributed by atoms with Crippen molar-refractivity contribution in [2.45, 2.75) is 51.0 Å². The van der Waals surface area contributed by atoms with E-state index in [1.807, 2.05) is 18.2 Å². The van der Waals surface area contributed by atoms with Crippen LogP contribution >= 0.6 is 0 Å². The lowest BCUT2D eigenvalue weighted by molar-refractivity contribution is -0.126. The Hall–Kier alpha value is -1.64. The first kappa shape index (κ1) is 13.8. The first-order valence-corrected chi connectivity index (χ1v) is 6.94. The van der Waals surface area contributed by atoms with E-state index in [1.165, 1.54) is 5.56 Å². The summed E-state index contributed by atoms with van der Waals surface area (Å²) in [6, 6.07) is 10.3. The van der Waals surface area contributed by atoms with Gasteiger partial charge in [-0.25, -0.2) is 0 Å². The van der Waals surface area contributed by atoms with E-state index in [4.69, 9.17) is 0 Å². The van der Waals surface area contributed by atoms with E-state index in [0.717, 1.165) is 25.7 Å². The summed E-state index contributed by atoms with van der Waals surface area (Å²) < 4.78 is 0. The summed E-state index contributed by atoms with van der Waals surface area (Å²) >= 11 is 0. The van der Waals surface area contributed by atoms with Crippen molar-refractivity contribution in [2.75, 3.05) is 0 Å². The van der Waals surface area contributed by atoms with Gasteiger partial charge in [-0.15, -0.1) is 0 Å². The molecule has 19 heavy (non-hydrogen) atoms. The molecule has 0 radical (unpaired) electrons. The molecule has 1 aromatic carbocycles. The minimum Gasteiger partial charge on any atom is -0.351 e. The molecular formula is C16H21NO2. The van der Waals surface area contributed by atoms with E-state index >= 15 is 0 Å². The van der Waals surface area contributed by atoms with Crippen LogP contribution in [0.15, 0.2) is 30.3 Å². The molecule has 0 saturated heterocycles. The lowest BCUT2D eigenvalue weighted by atomic mass is 9.77. The molecule has 1 amide bonds. The molecule has 0 atom stereocenters. The number of Topliss-reactive ketones (excluding diaryl/α,β-unsaturated/α-hetero) is 1. The number of nitrogens with one attached hydrogen (secondary N) is 1. The maximum Gasteiger partial charge on any atom is 0.217 e. The van der Waals surface area contributed by atoms with Crippen molar-refractivity contribution < 1.29 is 9.59 Å². The van der Waals surface area contributed by atoms with Crippen LogP contribution < -0.4 is 5.32 Å². The minimum atomic E-state index is -0.185. The van der Waals surface area contributed by atoms with Crippen molar-refractivity contribution in [1.29, 1.82) is 0 Å². The Kier molecular flexibility index (Phi) is 4.35. The van der Waals surface area contributed by atoms with Crippen molar-refractivity contribution in [3.05, 3.63) is 35.9 Å². The Morgan fingerprint density at radius 3 is 2.42 bits per heavy atom. The Morgan fingerprint density at radius 1 is 1.21 bits per heavy atom. The summed E-state index contributed by atoms with van der Waals surface area (Å²) in [4.78, 5) is 22.8. The lowest BCUT2D eigenvalue weighted by Gasteiger charge is -2.37. The summed E-state index contributed by atoms with van der Waals surface area (Å²) in [6.07, 6.45) is 4.58. The number of amides is 1. The summed E-state index contributed by atoms with van der Waals surface area (Å²) in [7, 11) is 0. The molecule has 1 N–H and O–H groups in total. The van der Waals surface area contributed by atoms with Gasteiger partial charge < -0.3 is 5.32 Å². The molecule has 1 saturated carbocycles. The van der Waals surface area contributed by atoms with Gasteiger partial charge in [0.05, 0.1) is 0 Å². The third-order valence-electron chi connectivity index (χ3n) is 3.94. The molecule has 0 heterocycles. The van der Waals surface area contributed by atoms with Gasteiger partial charge in [-0.2, -0.15) is 0 Å². The highest BCUT2D eigenvalue weighted by molar-refractivity contribution is 5.80. The SMILES string of the molecule is CC(=O)NC1(CCc2ccccc2)CCC(=O)CC1. The van der Waals surface area contributed by atoms with Crippen LogP contribution in [-0.2, 0) is 16.0 Å². The smallest absolute Gasteiger partial charge is 0.217 e. The molecule has 2 rings (SSSR count). The number of carbonyl (C=O) groups excluding carboxylic acids is 2. The largest absolute Gasteiger partial charge is 0.351 e. The fraction of sp³-hybridized carbons (Fsp3) is 0.500. The Morgan fingerprint density at radius 2 is 1.84 bits per heavy atom. The van der Waals surface area contributed by atoms with Gasteiger partial charge in [0.2, 0.25) is 5.91 Å². The van der Waals surface area contributed by atoms with Crippen molar-refractivity contribution >= 4 is 11.7 Å². The number of benzene rings is 1. The molecule has 1 aliphatic rings. The highest BCUT2D eigenvalue weighted by Crippen LogP contribution is 2.30. The average molecular weight is 259 g/mol. The zero-order chi connectivity index (χ0) is 13.7. The maximum atomic E-state index is 11.4. The molecule has 3 nitrogen and oxygen atoms in total. The molecule has 0 aliphatic heterocycles. The second-order valence-electron chi connectivity index (χ2n) is 5.49. The second-order valence-corrected chi connectivity index (χ2v) is 5.49. The third kappa shape index (κ3) is 3.91. The van der Waals surface area contributed by atoms with Crippen LogP contribution in [0.1, 0.15) is 44.6 Å². The van der Waals surface area contributed by atoms with E-state index in [9.17, 15) is 9.59 Å². The van der Waals surface area contributed by atoms with Crippen molar-refractivity contribution in [3.8, 4) is 0 Å². The number of carbonyl (C=O) groups is 2. The number of rotatable bonds is 4. The van der Waals surface area contributed by atoms with Crippen LogP contribution in [0.5, 0.6) is 0 Å². The molecule has 1 aliphatic carbocycles. The van der Waals surface area contributed by atoms with E-state index in [2.05, 4.69) is 17.4 Å². The van der Waals surface area contributed by atoms with Gasteiger partial charge in [-0.05, 0) is 31.2 Å². The van der Waals surface area contributed by atoms with E-state index < -0.39 is 0 Å². The molecular weight excluding hydrogens is 238 g/mol. The maximum absolute atomic E-state index is 11.4. The number of hydrogen-bond donors (Lipinski definition) is 1. The van der Waals surface area contributed by atoms with Crippen LogP contribution in [0.3, 0.4) is 0 Å². The third-order valence-corrected chi connectivity index (χ3v) is 3.94. The van der Waals surface area contributed by atoms with Crippen molar-refractivity contribution in [2.24, 2.45) is 0 Å². The van der Waals surface area contributed by atoms with Gasteiger partial charge in [-0.1, -0.05) is 30.3 Å². The predicted molar refractivity (Wildman–Crippen MR) is 74.8 cm³/mol. The van der Waals surface area contributed by atoms with Gasteiger partial charge in [0.1, 0.15) is 5.78 Å².